The number of aryl methyl sites for hydroxylation is 2. The first-order valence-corrected chi connectivity index (χ1v) is 8.15. The number of imidazole rings is 1. The van der Waals surface area contributed by atoms with Gasteiger partial charge < -0.3 is 14.6 Å². The van der Waals surface area contributed by atoms with E-state index in [0.717, 1.165) is 23.5 Å². The van der Waals surface area contributed by atoms with Crippen molar-refractivity contribution in [1.82, 2.24) is 14.9 Å². The molecule has 1 saturated heterocycles. The van der Waals surface area contributed by atoms with Gasteiger partial charge in [0, 0.05) is 29.9 Å². The lowest BCUT2D eigenvalue weighted by Crippen LogP contribution is -2.42. The lowest BCUT2D eigenvalue weighted by Gasteiger charge is -2.32. The van der Waals surface area contributed by atoms with Gasteiger partial charge in [-0.15, -0.1) is 0 Å². The van der Waals surface area contributed by atoms with Crippen LogP contribution in [0.15, 0.2) is 30.5 Å². The Morgan fingerprint density at radius 2 is 2.22 bits per heavy atom. The Kier molecular flexibility index (Phi) is 4.98. The third-order valence-corrected chi connectivity index (χ3v) is 4.24. The molecule has 5 nitrogen and oxygen atoms in total. The second-order valence-electron chi connectivity index (χ2n) is 5.78. The highest BCUT2D eigenvalue weighted by atomic mass is 35.5. The average Bonchev–Trinajstić information content (AvgIpc) is 3.01. The summed E-state index contributed by atoms with van der Waals surface area (Å²) in [7, 11) is 0. The molecule has 2 heterocycles. The zero-order valence-electron chi connectivity index (χ0n) is 13.1. The number of hydrogen-bond donors (Lipinski definition) is 1. The van der Waals surface area contributed by atoms with Gasteiger partial charge in [-0.3, -0.25) is 4.79 Å². The van der Waals surface area contributed by atoms with Crippen molar-refractivity contribution < 1.29 is 9.53 Å². The molecule has 23 heavy (non-hydrogen) atoms. The molecule has 1 amide bonds. The fourth-order valence-electron chi connectivity index (χ4n) is 2.70. The van der Waals surface area contributed by atoms with Gasteiger partial charge in [-0.1, -0.05) is 23.7 Å². The molecule has 0 radical (unpaired) electrons. The van der Waals surface area contributed by atoms with Gasteiger partial charge in [0.05, 0.1) is 13.2 Å². The molecule has 0 unspecified atom stereocenters. The van der Waals surface area contributed by atoms with Crippen LogP contribution in [0.4, 0.5) is 0 Å². The number of carbonyl (C=O) groups excluding carboxylic acids is 1. The quantitative estimate of drug-likeness (QED) is 0.936. The zero-order valence-corrected chi connectivity index (χ0v) is 13.8. The molecule has 1 aromatic carbocycles. The second-order valence-corrected chi connectivity index (χ2v) is 6.21. The maximum absolute atomic E-state index is 12.4. The lowest BCUT2D eigenvalue weighted by molar-refractivity contribution is -0.139. The Hall–Kier alpha value is -1.85. The van der Waals surface area contributed by atoms with Crippen molar-refractivity contribution in [3.8, 4) is 0 Å². The minimum Gasteiger partial charge on any atom is -0.367 e. The molecule has 6 heteroatoms. The second kappa shape index (κ2) is 7.15. The molecule has 0 bridgehead atoms. The maximum Gasteiger partial charge on any atom is 0.223 e. The number of carbonyl (C=O) groups is 1. The van der Waals surface area contributed by atoms with Gasteiger partial charge in [0.2, 0.25) is 5.91 Å². The molecule has 0 saturated carbocycles. The summed E-state index contributed by atoms with van der Waals surface area (Å²) in [4.78, 5) is 21.8. The Bertz CT molecular complexity index is 669. The van der Waals surface area contributed by atoms with Crippen molar-refractivity contribution in [2.24, 2.45) is 0 Å². The number of halogens is 1. The van der Waals surface area contributed by atoms with E-state index < -0.39 is 0 Å². The van der Waals surface area contributed by atoms with Crippen molar-refractivity contribution in [3.05, 3.63) is 52.6 Å². The van der Waals surface area contributed by atoms with Crippen molar-refractivity contribution in [3.63, 3.8) is 0 Å². The van der Waals surface area contributed by atoms with E-state index in [0.29, 0.717) is 31.1 Å². The van der Waals surface area contributed by atoms with Crippen LogP contribution in [-0.2, 0) is 16.0 Å². The van der Waals surface area contributed by atoms with Crippen molar-refractivity contribution in [1.29, 1.82) is 0 Å². The first-order valence-electron chi connectivity index (χ1n) is 7.77. The molecular weight excluding hydrogens is 314 g/mol. The van der Waals surface area contributed by atoms with Gasteiger partial charge in [0.1, 0.15) is 11.9 Å². The van der Waals surface area contributed by atoms with Gasteiger partial charge in [-0.25, -0.2) is 4.98 Å². The number of H-pyrrole nitrogens is 1. The number of amides is 1. The molecule has 0 spiro atoms. The molecule has 1 aliphatic rings. The van der Waals surface area contributed by atoms with Crippen molar-refractivity contribution in [2.75, 3.05) is 19.7 Å². The van der Waals surface area contributed by atoms with E-state index >= 15 is 0 Å². The first-order chi connectivity index (χ1) is 11.1. The Morgan fingerprint density at radius 1 is 1.43 bits per heavy atom. The minimum absolute atomic E-state index is 0.150. The number of hydrogen-bond acceptors (Lipinski definition) is 3. The first kappa shape index (κ1) is 16.0. The topological polar surface area (TPSA) is 58.2 Å². The van der Waals surface area contributed by atoms with Crippen LogP contribution >= 0.6 is 11.6 Å². The van der Waals surface area contributed by atoms with Crippen LogP contribution in [0, 0.1) is 6.92 Å². The van der Waals surface area contributed by atoms with E-state index in [1.54, 1.807) is 6.20 Å². The van der Waals surface area contributed by atoms with E-state index in [4.69, 9.17) is 16.3 Å². The van der Waals surface area contributed by atoms with Crippen LogP contribution in [-0.4, -0.2) is 40.5 Å². The summed E-state index contributed by atoms with van der Waals surface area (Å²) in [5.41, 5.74) is 2.11. The van der Waals surface area contributed by atoms with Gasteiger partial charge in [-0.2, -0.15) is 0 Å². The molecule has 1 N–H and O–H groups in total. The van der Waals surface area contributed by atoms with E-state index in [1.165, 1.54) is 0 Å². The standard InChI is InChI=1S/C17H20ClN3O2/c1-12-10-19-17(20-12)15-11-21(8-9-23-15)16(22)7-4-13-2-5-14(18)6-3-13/h2-3,5-6,10,15H,4,7-9,11H2,1H3,(H,19,20)/t15-/m0/s1. The number of ether oxygens (including phenoxy) is 1. The summed E-state index contributed by atoms with van der Waals surface area (Å²) in [6.07, 6.45) is 2.82. The molecule has 3 rings (SSSR count). The van der Waals surface area contributed by atoms with Crippen molar-refractivity contribution >= 4 is 17.5 Å². The Balaban J connectivity index is 1.55. The molecular formula is C17H20ClN3O2. The molecule has 1 fully saturated rings. The maximum atomic E-state index is 12.4. The molecule has 0 aliphatic carbocycles. The fraction of sp³-hybridized carbons (Fsp3) is 0.412. The zero-order chi connectivity index (χ0) is 16.2. The van der Waals surface area contributed by atoms with E-state index in [1.807, 2.05) is 36.1 Å². The molecule has 2 aromatic rings. The van der Waals surface area contributed by atoms with Crippen LogP contribution < -0.4 is 0 Å². The minimum atomic E-state index is -0.170. The number of nitrogens with zero attached hydrogens (tertiary/aromatic N) is 2. The number of aromatic nitrogens is 2. The summed E-state index contributed by atoms with van der Waals surface area (Å²) >= 11 is 5.87. The molecule has 122 valence electrons. The predicted octanol–water partition coefficient (Wildman–Crippen LogP) is 2.90. The normalized spacial score (nSPS) is 18.2. The Morgan fingerprint density at radius 3 is 2.91 bits per heavy atom. The summed E-state index contributed by atoms with van der Waals surface area (Å²) < 4.78 is 5.73. The molecule has 1 aromatic heterocycles. The highest BCUT2D eigenvalue weighted by Gasteiger charge is 2.26. The molecule has 1 aliphatic heterocycles. The number of aromatic amines is 1. The van der Waals surface area contributed by atoms with E-state index in [9.17, 15) is 4.79 Å². The lowest BCUT2D eigenvalue weighted by atomic mass is 10.1. The van der Waals surface area contributed by atoms with Crippen LogP contribution in [0.3, 0.4) is 0 Å². The smallest absolute Gasteiger partial charge is 0.223 e. The van der Waals surface area contributed by atoms with Crippen LogP contribution in [0.1, 0.15) is 29.6 Å². The third-order valence-electron chi connectivity index (χ3n) is 3.99. The summed E-state index contributed by atoms with van der Waals surface area (Å²) in [6, 6.07) is 7.63. The van der Waals surface area contributed by atoms with Crippen LogP contribution in [0.2, 0.25) is 5.02 Å². The molecule has 1 atom stereocenters. The highest BCUT2D eigenvalue weighted by Crippen LogP contribution is 2.20. The number of benzene rings is 1. The van der Waals surface area contributed by atoms with Gasteiger partial charge in [0.25, 0.3) is 0 Å². The summed E-state index contributed by atoms with van der Waals surface area (Å²) in [5.74, 6) is 0.939. The Labute approximate surface area is 140 Å². The average molecular weight is 334 g/mol. The number of nitrogens with one attached hydrogen (secondary N) is 1. The van der Waals surface area contributed by atoms with Gasteiger partial charge in [-0.05, 0) is 31.0 Å². The van der Waals surface area contributed by atoms with Gasteiger partial charge >= 0.3 is 0 Å². The number of rotatable bonds is 4. The number of morpholine rings is 1. The van der Waals surface area contributed by atoms with E-state index in [-0.39, 0.29) is 12.0 Å². The van der Waals surface area contributed by atoms with Gasteiger partial charge in [0.15, 0.2) is 0 Å². The highest BCUT2D eigenvalue weighted by molar-refractivity contribution is 6.30. The summed E-state index contributed by atoms with van der Waals surface area (Å²) in [6.45, 7) is 3.67. The largest absolute Gasteiger partial charge is 0.367 e. The van der Waals surface area contributed by atoms with Crippen LogP contribution in [0.25, 0.3) is 0 Å². The van der Waals surface area contributed by atoms with Crippen molar-refractivity contribution in [2.45, 2.75) is 25.9 Å². The summed E-state index contributed by atoms with van der Waals surface area (Å²) in [5, 5.41) is 0.713. The monoisotopic (exact) mass is 333 g/mol. The fourth-order valence-corrected chi connectivity index (χ4v) is 2.82. The SMILES string of the molecule is Cc1cnc([C@@H]2CN(C(=O)CCc3ccc(Cl)cc3)CCO2)[nH]1. The predicted molar refractivity (Wildman–Crippen MR) is 88.4 cm³/mol. The van der Waals surface area contributed by atoms with Crippen LogP contribution in [0.5, 0.6) is 0 Å². The van der Waals surface area contributed by atoms with E-state index in [2.05, 4.69) is 9.97 Å². The third kappa shape index (κ3) is 4.12.